The van der Waals surface area contributed by atoms with Crippen LogP contribution in [0.1, 0.15) is 10.4 Å². The molecule has 0 fully saturated rings. The van der Waals surface area contributed by atoms with Crippen molar-refractivity contribution in [2.75, 3.05) is 14.2 Å². The van der Waals surface area contributed by atoms with Crippen molar-refractivity contribution in [3.8, 4) is 17.2 Å². The van der Waals surface area contributed by atoms with Gasteiger partial charge in [-0.3, -0.25) is 4.79 Å². The van der Waals surface area contributed by atoms with Crippen LogP contribution < -0.4 is 14.8 Å². The van der Waals surface area contributed by atoms with E-state index in [0.717, 1.165) is 5.69 Å². The highest BCUT2D eigenvalue weighted by Gasteiger charge is 2.15. The van der Waals surface area contributed by atoms with Gasteiger partial charge in [0.25, 0.3) is 5.91 Å². The van der Waals surface area contributed by atoms with Crippen molar-refractivity contribution in [3.05, 3.63) is 77.9 Å². The standard InChI is InChI=1S/C19H17N3O3/c1-24-17-10-6-9-16(18(17)25-2)19(23)21-14-11-12-22(20-13-14)15-7-4-3-5-8-15/h3-13H,1-2H3. The largest absolute Gasteiger partial charge is 0.493 e. The van der Waals surface area contributed by atoms with E-state index < -0.39 is 5.91 Å². The zero-order valence-corrected chi connectivity index (χ0v) is 13.9. The molecule has 0 unspecified atom stereocenters. The van der Waals surface area contributed by atoms with E-state index in [1.807, 2.05) is 30.3 Å². The molecule has 3 rings (SSSR count). The summed E-state index contributed by atoms with van der Waals surface area (Å²) in [6.07, 6.45) is 3.29. The van der Waals surface area contributed by atoms with E-state index >= 15 is 0 Å². The molecule has 0 spiro atoms. The van der Waals surface area contributed by atoms with Gasteiger partial charge in [0.2, 0.25) is 0 Å². The highest BCUT2D eigenvalue weighted by molar-refractivity contribution is 5.98. The van der Waals surface area contributed by atoms with Gasteiger partial charge in [-0.2, -0.15) is 5.10 Å². The Kier molecular flexibility index (Phi) is 4.89. The van der Waals surface area contributed by atoms with Gasteiger partial charge in [0, 0.05) is 6.20 Å². The molecule has 25 heavy (non-hydrogen) atoms. The lowest BCUT2D eigenvalue weighted by Crippen LogP contribution is -2.12. The highest BCUT2D eigenvalue weighted by Crippen LogP contribution is 2.30. The SMILES string of the molecule is COc1cccc(C(=O)N=c2ccn(-c3ccccc3)nc2)c1OC. The second-order valence-corrected chi connectivity index (χ2v) is 5.12. The Bertz CT molecular complexity index is 929. The zero-order valence-electron chi connectivity index (χ0n) is 13.9. The molecular formula is C19H17N3O3. The molecule has 126 valence electrons. The van der Waals surface area contributed by atoms with Crippen molar-refractivity contribution >= 4 is 5.91 Å². The van der Waals surface area contributed by atoms with E-state index in [4.69, 9.17) is 9.47 Å². The molecule has 0 N–H and O–H groups in total. The van der Waals surface area contributed by atoms with Gasteiger partial charge in [0.05, 0.1) is 37.0 Å². The molecule has 0 saturated heterocycles. The van der Waals surface area contributed by atoms with Crippen LogP contribution in [0.4, 0.5) is 0 Å². The van der Waals surface area contributed by atoms with Crippen molar-refractivity contribution in [1.82, 2.24) is 9.78 Å². The quantitative estimate of drug-likeness (QED) is 0.735. The van der Waals surface area contributed by atoms with Gasteiger partial charge in [0.1, 0.15) is 0 Å². The van der Waals surface area contributed by atoms with E-state index in [1.165, 1.54) is 20.4 Å². The van der Waals surface area contributed by atoms with Crippen LogP contribution >= 0.6 is 0 Å². The molecule has 0 aliphatic heterocycles. The molecule has 1 aromatic heterocycles. The smallest absolute Gasteiger partial charge is 0.281 e. The number of amides is 1. The first kappa shape index (κ1) is 16.4. The summed E-state index contributed by atoms with van der Waals surface area (Å²) in [6.45, 7) is 0. The first-order valence-electron chi connectivity index (χ1n) is 7.63. The lowest BCUT2D eigenvalue weighted by molar-refractivity contribution is 0.0995. The van der Waals surface area contributed by atoms with Gasteiger partial charge in [0.15, 0.2) is 11.5 Å². The molecule has 2 aromatic carbocycles. The predicted octanol–water partition coefficient (Wildman–Crippen LogP) is 2.63. The first-order valence-corrected chi connectivity index (χ1v) is 7.63. The number of para-hydroxylation sites is 2. The zero-order chi connectivity index (χ0) is 17.6. The number of carbonyl (C=O) groups is 1. The summed E-state index contributed by atoms with van der Waals surface area (Å²) in [7, 11) is 3.01. The molecule has 0 saturated carbocycles. The minimum absolute atomic E-state index is 0.335. The number of hydrogen-bond acceptors (Lipinski definition) is 4. The van der Waals surface area contributed by atoms with E-state index in [1.54, 1.807) is 35.1 Å². The topological polar surface area (TPSA) is 65.7 Å². The third kappa shape index (κ3) is 3.58. The maximum Gasteiger partial charge on any atom is 0.281 e. The summed E-state index contributed by atoms with van der Waals surface area (Å²) >= 11 is 0. The first-order chi connectivity index (χ1) is 12.2. The van der Waals surface area contributed by atoms with Crippen LogP contribution in [0.3, 0.4) is 0 Å². The third-order valence-electron chi connectivity index (χ3n) is 3.59. The maximum atomic E-state index is 12.5. The second kappa shape index (κ2) is 7.44. The molecule has 1 heterocycles. The minimum Gasteiger partial charge on any atom is -0.493 e. The Balaban J connectivity index is 1.92. The molecule has 6 nitrogen and oxygen atoms in total. The Morgan fingerprint density at radius 3 is 2.44 bits per heavy atom. The van der Waals surface area contributed by atoms with Gasteiger partial charge >= 0.3 is 0 Å². The summed E-state index contributed by atoms with van der Waals surface area (Å²) < 4.78 is 12.2. The number of nitrogens with zero attached hydrogens (tertiary/aromatic N) is 3. The highest BCUT2D eigenvalue weighted by atomic mass is 16.5. The number of methoxy groups -OCH3 is 2. The van der Waals surface area contributed by atoms with Crippen LogP contribution in [0.2, 0.25) is 0 Å². The second-order valence-electron chi connectivity index (χ2n) is 5.12. The Hall–Kier alpha value is -3.41. The lowest BCUT2D eigenvalue weighted by atomic mass is 10.1. The third-order valence-corrected chi connectivity index (χ3v) is 3.59. The fourth-order valence-corrected chi connectivity index (χ4v) is 2.38. The average molecular weight is 335 g/mol. The molecule has 0 aliphatic carbocycles. The lowest BCUT2D eigenvalue weighted by Gasteiger charge is -2.09. The molecule has 3 aromatic rings. The van der Waals surface area contributed by atoms with Crippen molar-refractivity contribution in [3.63, 3.8) is 0 Å². The molecule has 6 heteroatoms. The van der Waals surface area contributed by atoms with Crippen LogP contribution in [-0.2, 0) is 0 Å². The fourth-order valence-electron chi connectivity index (χ4n) is 2.38. The van der Waals surface area contributed by atoms with Gasteiger partial charge < -0.3 is 9.47 Å². The number of aromatic nitrogens is 2. The molecule has 1 amide bonds. The van der Waals surface area contributed by atoms with Crippen molar-refractivity contribution in [2.24, 2.45) is 4.99 Å². The molecule has 0 aliphatic rings. The number of hydrogen-bond donors (Lipinski definition) is 0. The molecule has 0 radical (unpaired) electrons. The maximum absolute atomic E-state index is 12.5. The van der Waals surface area contributed by atoms with Gasteiger partial charge in [-0.1, -0.05) is 24.3 Å². The van der Waals surface area contributed by atoms with E-state index in [-0.39, 0.29) is 0 Å². The van der Waals surface area contributed by atoms with Crippen LogP contribution in [0, 0.1) is 0 Å². The number of carbonyl (C=O) groups excluding carboxylic acids is 1. The van der Waals surface area contributed by atoms with Gasteiger partial charge in [-0.15, -0.1) is 0 Å². The molecule has 0 bridgehead atoms. The van der Waals surface area contributed by atoms with Crippen LogP contribution in [0.5, 0.6) is 11.5 Å². The predicted molar refractivity (Wildman–Crippen MR) is 93.0 cm³/mol. The van der Waals surface area contributed by atoms with Crippen LogP contribution in [0.25, 0.3) is 5.69 Å². The average Bonchev–Trinajstić information content (AvgIpc) is 2.68. The molecule has 0 atom stereocenters. The number of rotatable bonds is 4. The fraction of sp³-hybridized carbons (Fsp3) is 0.105. The van der Waals surface area contributed by atoms with Gasteiger partial charge in [-0.05, 0) is 30.3 Å². The Morgan fingerprint density at radius 2 is 1.80 bits per heavy atom. The van der Waals surface area contributed by atoms with E-state index in [0.29, 0.717) is 22.4 Å². The summed E-state index contributed by atoms with van der Waals surface area (Å²) in [5, 5.41) is 4.75. The monoisotopic (exact) mass is 335 g/mol. The molecular weight excluding hydrogens is 318 g/mol. The van der Waals surface area contributed by atoms with Crippen molar-refractivity contribution in [2.45, 2.75) is 0 Å². The van der Waals surface area contributed by atoms with Crippen molar-refractivity contribution in [1.29, 1.82) is 0 Å². The van der Waals surface area contributed by atoms with E-state index in [2.05, 4.69) is 10.1 Å². The van der Waals surface area contributed by atoms with Crippen molar-refractivity contribution < 1.29 is 14.3 Å². The summed E-state index contributed by atoms with van der Waals surface area (Å²) in [5.41, 5.74) is 1.26. The van der Waals surface area contributed by atoms with Gasteiger partial charge in [-0.25, -0.2) is 9.67 Å². The van der Waals surface area contributed by atoms with Crippen LogP contribution in [0.15, 0.2) is 72.0 Å². The minimum atomic E-state index is -0.421. The normalized spacial score (nSPS) is 11.2. The van der Waals surface area contributed by atoms with E-state index in [9.17, 15) is 4.79 Å². The summed E-state index contributed by atoms with van der Waals surface area (Å²) in [5.74, 6) is 0.425. The summed E-state index contributed by atoms with van der Waals surface area (Å²) in [4.78, 5) is 16.6. The number of benzene rings is 2. The summed E-state index contributed by atoms with van der Waals surface area (Å²) in [6, 6.07) is 16.5. The Morgan fingerprint density at radius 1 is 1.00 bits per heavy atom. The van der Waals surface area contributed by atoms with Crippen LogP contribution in [-0.4, -0.2) is 29.9 Å². The Labute approximate surface area is 145 Å². The number of ether oxygens (including phenoxy) is 2.